The van der Waals surface area contributed by atoms with Gasteiger partial charge in [0, 0.05) is 13.1 Å². The first-order valence-electron chi connectivity index (χ1n) is 7.02. The van der Waals surface area contributed by atoms with E-state index >= 15 is 0 Å². The Hall–Kier alpha value is -1.26. The summed E-state index contributed by atoms with van der Waals surface area (Å²) in [5.41, 5.74) is -1.01. The molecule has 1 aliphatic heterocycles. The van der Waals surface area contributed by atoms with Crippen LogP contribution in [0.1, 0.15) is 53.4 Å². The number of carboxylic acid groups (broad SMARTS) is 1. The maximum atomic E-state index is 12.2. The summed E-state index contributed by atoms with van der Waals surface area (Å²) >= 11 is 0. The van der Waals surface area contributed by atoms with E-state index in [4.69, 9.17) is 0 Å². The topological polar surface area (TPSA) is 69.6 Å². The third-order valence-electron chi connectivity index (χ3n) is 3.57. The lowest BCUT2D eigenvalue weighted by atomic mass is 9.91. The summed E-state index contributed by atoms with van der Waals surface area (Å²) in [4.78, 5) is 25.4. The van der Waals surface area contributed by atoms with E-state index in [0.29, 0.717) is 25.9 Å². The molecule has 5 heteroatoms. The van der Waals surface area contributed by atoms with Crippen LogP contribution < -0.4 is 5.32 Å². The van der Waals surface area contributed by atoms with Gasteiger partial charge in [0.2, 0.25) is 0 Å². The van der Waals surface area contributed by atoms with Crippen molar-refractivity contribution in [3.05, 3.63) is 0 Å². The van der Waals surface area contributed by atoms with E-state index in [1.54, 1.807) is 0 Å². The maximum absolute atomic E-state index is 12.2. The summed E-state index contributed by atoms with van der Waals surface area (Å²) < 4.78 is 0. The van der Waals surface area contributed by atoms with E-state index in [0.717, 1.165) is 12.8 Å². The highest BCUT2D eigenvalue weighted by molar-refractivity contribution is 5.87. The van der Waals surface area contributed by atoms with Crippen molar-refractivity contribution < 1.29 is 14.7 Å². The molecule has 1 heterocycles. The van der Waals surface area contributed by atoms with Crippen LogP contribution in [0.25, 0.3) is 0 Å². The predicted molar refractivity (Wildman–Crippen MR) is 74.1 cm³/mol. The van der Waals surface area contributed by atoms with Gasteiger partial charge in [-0.3, -0.25) is 0 Å². The maximum Gasteiger partial charge on any atom is 0.329 e. The fourth-order valence-electron chi connectivity index (χ4n) is 2.61. The number of amides is 2. The largest absolute Gasteiger partial charge is 0.479 e. The molecule has 0 aromatic heterocycles. The third kappa shape index (κ3) is 3.61. The third-order valence-corrected chi connectivity index (χ3v) is 3.57. The zero-order valence-electron chi connectivity index (χ0n) is 12.5. The smallest absolute Gasteiger partial charge is 0.329 e. The van der Waals surface area contributed by atoms with Gasteiger partial charge in [-0.15, -0.1) is 0 Å². The Kier molecular flexibility index (Phi) is 4.82. The number of nitrogens with zero attached hydrogens (tertiary/aromatic N) is 1. The Labute approximate surface area is 115 Å². The normalized spacial score (nSPS) is 23.5. The molecule has 110 valence electrons. The van der Waals surface area contributed by atoms with Crippen LogP contribution in [0.3, 0.4) is 0 Å². The summed E-state index contributed by atoms with van der Waals surface area (Å²) in [6.07, 6.45) is 2.59. The van der Waals surface area contributed by atoms with Crippen LogP contribution in [-0.4, -0.2) is 40.6 Å². The average molecular weight is 270 g/mol. The molecule has 1 unspecified atom stereocenters. The van der Waals surface area contributed by atoms with Crippen LogP contribution in [0.4, 0.5) is 4.79 Å². The SMILES string of the molecule is CCCC1(C(=O)O)CCCN1C(=O)NCC(C)(C)C. The molecule has 0 bridgehead atoms. The van der Waals surface area contributed by atoms with E-state index in [-0.39, 0.29) is 11.4 Å². The fourth-order valence-corrected chi connectivity index (χ4v) is 2.61. The van der Waals surface area contributed by atoms with Crippen LogP contribution in [0.15, 0.2) is 0 Å². The molecule has 1 fully saturated rings. The van der Waals surface area contributed by atoms with Crippen LogP contribution in [0.5, 0.6) is 0 Å². The Morgan fingerprint density at radius 1 is 1.37 bits per heavy atom. The lowest BCUT2D eigenvalue weighted by Gasteiger charge is -2.35. The highest BCUT2D eigenvalue weighted by Gasteiger charge is 2.49. The molecule has 1 saturated heterocycles. The van der Waals surface area contributed by atoms with Crippen LogP contribution >= 0.6 is 0 Å². The van der Waals surface area contributed by atoms with Gasteiger partial charge in [-0.2, -0.15) is 0 Å². The van der Waals surface area contributed by atoms with Gasteiger partial charge < -0.3 is 15.3 Å². The molecular weight excluding hydrogens is 244 g/mol. The van der Waals surface area contributed by atoms with Crippen molar-refractivity contribution in [1.82, 2.24) is 10.2 Å². The number of hydrogen-bond acceptors (Lipinski definition) is 2. The summed E-state index contributed by atoms with van der Waals surface area (Å²) in [5.74, 6) is -0.877. The number of hydrogen-bond donors (Lipinski definition) is 2. The molecule has 0 aromatic carbocycles. The summed E-state index contributed by atoms with van der Waals surface area (Å²) in [6, 6.07) is -0.247. The average Bonchev–Trinajstić information content (AvgIpc) is 2.70. The first kappa shape index (κ1) is 15.8. The van der Waals surface area contributed by atoms with Crippen LogP contribution in [0, 0.1) is 5.41 Å². The quantitative estimate of drug-likeness (QED) is 0.824. The zero-order valence-corrected chi connectivity index (χ0v) is 12.5. The van der Waals surface area contributed by atoms with Crippen molar-refractivity contribution in [2.24, 2.45) is 5.41 Å². The number of carbonyl (C=O) groups is 2. The number of likely N-dealkylation sites (tertiary alicyclic amines) is 1. The Morgan fingerprint density at radius 2 is 2.00 bits per heavy atom. The molecule has 0 spiro atoms. The van der Waals surface area contributed by atoms with Crippen LogP contribution in [0.2, 0.25) is 0 Å². The second-order valence-corrected chi connectivity index (χ2v) is 6.56. The van der Waals surface area contributed by atoms with E-state index in [1.807, 2.05) is 27.7 Å². The van der Waals surface area contributed by atoms with Crippen molar-refractivity contribution in [1.29, 1.82) is 0 Å². The van der Waals surface area contributed by atoms with Crippen molar-refractivity contribution in [2.75, 3.05) is 13.1 Å². The molecule has 2 N–H and O–H groups in total. The van der Waals surface area contributed by atoms with Gasteiger partial charge in [-0.05, 0) is 24.7 Å². The summed E-state index contributed by atoms with van der Waals surface area (Å²) in [7, 11) is 0. The molecule has 0 aromatic rings. The molecule has 5 nitrogen and oxygen atoms in total. The van der Waals surface area contributed by atoms with Crippen molar-refractivity contribution in [3.8, 4) is 0 Å². The molecule has 1 rings (SSSR count). The standard InChI is InChI=1S/C14H26N2O3/c1-5-7-14(11(17)18)8-6-9-16(14)12(19)15-10-13(2,3)4/h5-10H2,1-4H3,(H,15,19)(H,17,18). The zero-order chi connectivity index (χ0) is 14.7. The van der Waals surface area contributed by atoms with Crippen molar-refractivity contribution in [3.63, 3.8) is 0 Å². The number of rotatable bonds is 4. The van der Waals surface area contributed by atoms with Gasteiger partial charge in [0.05, 0.1) is 0 Å². The minimum atomic E-state index is -1.00. The first-order chi connectivity index (χ1) is 8.73. The molecular formula is C14H26N2O3. The monoisotopic (exact) mass is 270 g/mol. The van der Waals surface area contributed by atoms with E-state index in [9.17, 15) is 14.7 Å². The fraction of sp³-hybridized carbons (Fsp3) is 0.857. The Balaban J connectivity index is 2.79. The minimum Gasteiger partial charge on any atom is -0.479 e. The molecule has 19 heavy (non-hydrogen) atoms. The van der Waals surface area contributed by atoms with Gasteiger partial charge in [0.25, 0.3) is 0 Å². The molecule has 0 radical (unpaired) electrons. The molecule has 0 saturated carbocycles. The summed E-state index contributed by atoms with van der Waals surface area (Å²) in [6.45, 7) is 9.13. The van der Waals surface area contributed by atoms with Gasteiger partial charge in [0.15, 0.2) is 0 Å². The number of carbonyl (C=O) groups excluding carboxylic acids is 1. The predicted octanol–water partition coefficient (Wildman–Crippen LogP) is 2.46. The first-order valence-corrected chi connectivity index (χ1v) is 7.02. The van der Waals surface area contributed by atoms with Crippen molar-refractivity contribution in [2.45, 2.75) is 58.9 Å². The molecule has 2 amide bonds. The van der Waals surface area contributed by atoms with E-state index in [2.05, 4.69) is 5.32 Å². The van der Waals surface area contributed by atoms with Crippen LogP contribution in [-0.2, 0) is 4.79 Å². The van der Waals surface area contributed by atoms with Gasteiger partial charge in [-0.1, -0.05) is 34.1 Å². The minimum absolute atomic E-state index is 0.00791. The van der Waals surface area contributed by atoms with Gasteiger partial charge in [0.1, 0.15) is 5.54 Å². The Morgan fingerprint density at radius 3 is 2.47 bits per heavy atom. The highest BCUT2D eigenvalue weighted by Crippen LogP contribution is 2.34. The van der Waals surface area contributed by atoms with Crippen molar-refractivity contribution >= 4 is 12.0 Å². The summed E-state index contributed by atoms with van der Waals surface area (Å²) in [5, 5.41) is 12.4. The van der Waals surface area contributed by atoms with E-state index < -0.39 is 11.5 Å². The lowest BCUT2D eigenvalue weighted by Crippen LogP contribution is -2.56. The highest BCUT2D eigenvalue weighted by atomic mass is 16.4. The number of urea groups is 1. The van der Waals surface area contributed by atoms with E-state index in [1.165, 1.54) is 4.90 Å². The molecule has 1 aliphatic rings. The Bertz CT molecular complexity index is 349. The number of aliphatic carboxylic acids is 1. The second-order valence-electron chi connectivity index (χ2n) is 6.56. The lowest BCUT2D eigenvalue weighted by molar-refractivity contribution is -0.148. The van der Waals surface area contributed by atoms with Gasteiger partial charge >= 0.3 is 12.0 Å². The second kappa shape index (κ2) is 5.80. The number of carboxylic acids is 1. The van der Waals surface area contributed by atoms with Gasteiger partial charge in [-0.25, -0.2) is 9.59 Å². The molecule has 0 aliphatic carbocycles. The molecule has 1 atom stereocenters. The number of nitrogens with one attached hydrogen (secondary N) is 1.